The van der Waals surface area contributed by atoms with Gasteiger partial charge in [-0.2, -0.15) is 0 Å². The minimum Gasteiger partial charge on any atom is -0.481 e. The van der Waals surface area contributed by atoms with E-state index in [1.165, 1.54) is 0 Å². The van der Waals surface area contributed by atoms with Crippen LogP contribution in [-0.2, 0) is 4.79 Å². The molecule has 0 fully saturated rings. The number of carboxylic acids is 1. The first kappa shape index (κ1) is 13.0. The Morgan fingerprint density at radius 3 is 1.95 bits per heavy atom. The summed E-state index contributed by atoms with van der Waals surface area (Å²) < 4.78 is 0. The van der Waals surface area contributed by atoms with Gasteiger partial charge in [-0.05, 0) is 5.56 Å². The summed E-state index contributed by atoms with van der Waals surface area (Å²) >= 11 is 0. The van der Waals surface area contributed by atoms with Gasteiger partial charge in [-0.3, -0.25) is 9.59 Å². The van der Waals surface area contributed by atoms with Gasteiger partial charge in [-0.15, -0.1) is 0 Å². The minimum absolute atomic E-state index is 0.158. The van der Waals surface area contributed by atoms with E-state index < -0.39 is 11.9 Å². The summed E-state index contributed by atoms with van der Waals surface area (Å²) in [7, 11) is 0. The second kappa shape index (κ2) is 5.96. The molecule has 0 aliphatic heterocycles. The molecule has 0 spiro atoms. The van der Waals surface area contributed by atoms with E-state index in [-0.39, 0.29) is 12.2 Å². The summed E-state index contributed by atoms with van der Waals surface area (Å²) in [5.41, 5.74) is 1.27. The Kier molecular flexibility index (Phi) is 4.08. The molecule has 1 N–H and O–H groups in total. The summed E-state index contributed by atoms with van der Waals surface area (Å²) in [5.74, 6) is -1.77. The van der Waals surface area contributed by atoms with Crippen LogP contribution in [0.2, 0.25) is 0 Å². The van der Waals surface area contributed by atoms with Crippen LogP contribution in [0.1, 0.15) is 28.3 Å². The number of rotatable bonds is 5. The SMILES string of the molecule is O=C(O)CC(C(=O)c1ccccc1)c1ccccc1. The lowest BCUT2D eigenvalue weighted by atomic mass is 9.88. The highest BCUT2D eigenvalue weighted by molar-refractivity contribution is 6.02. The lowest BCUT2D eigenvalue weighted by Gasteiger charge is -2.14. The average molecular weight is 254 g/mol. The van der Waals surface area contributed by atoms with E-state index in [4.69, 9.17) is 5.11 Å². The molecule has 0 amide bonds. The highest BCUT2D eigenvalue weighted by Gasteiger charge is 2.24. The molecular formula is C16H14O3. The van der Waals surface area contributed by atoms with Crippen LogP contribution in [0.5, 0.6) is 0 Å². The Labute approximate surface area is 111 Å². The molecule has 3 heteroatoms. The largest absolute Gasteiger partial charge is 0.481 e. The fourth-order valence-corrected chi connectivity index (χ4v) is 2.03. The topological polar surface area (TPSA) is 54.4 Å². The van der Waals surface area contributed by atoms with Crippen molar-refractivity contribution in [2.45, 2.75) is 12.3 Å². The lowest BCUT2D eigenvalue weighted by molar-refractivity contribution is -0.137. The summed E-state index contributed by atoms with van der Waals surface area (Å²) in [6, 6.07) is 17.8. The van der Waals surface area contributed by atoms with Gasteiger partial charge in [-0.1, -0.05) is 60.7 Å². The summed E-state index contributed by atoms with van der Waals surface area (Å²) in [6.45, 7) is 0. The quantitative estimate of drug-likeness (QED) is 0.834. The number of Topliss-reactive ketones (excluding diaryl/α,β-unsaturated/α-hetero) is 1. The van der Waals surface area contributed by atoms with Crippen molar-refractivity contribution in [3.8, 4) is 0 Å². The molecule has 2 aromatic rings. The Bertz CT molecular complexity index is 561. The second-order valence-corrected chi connectivity index (χ2v) is 4.29. The van der Waals surface area contributed by atoms with Crippen LogP contribution in [0, 0.1) is 0 Å². The minimum atomic E-state index is -0.974. The molecule has 2 rings (SSSR count). The van der Waals surface area contributed by atoms with Crippen molar-refractivity contribution in [2.75, 3.05) is 0 Å². The number of carbonyl (C=O) groups excluding carboxylic acids is 1. The van der Waals surface area contributed by atoms with Crippen molar-refractivity contribution in [1.29, 1.82) is 0 Å². The van der Waals surface area contributed by atoms with Gasteiger partial charge in [0.1, 0.15) is 0 Å². The molecule has 0 saturated heterocycles. The molecule has 1 atom stereocenters. The molecule has 19 heavy (non-hydrogen) atoms. The van der Waals surface area contributed by atoms with Crippen LogP contribution < -0.4 is 0 Å². The van der Waals surface area contributed by atoms with Crippen molar-refractivity contribution in [2.24, 2.45) is 0 Å². The van der Waals surface area contributed by atoms with Gasteiger partial charge < -0.3 is 5.11 Å². The standard InChI is InChI=1S/C16H14O3/c17-15(18)11-14(12-7-3-1-4-8-12)16(19)13-9-5-2-6-10-13/h1-10,14H,11H2,(H,17,18). The first-order valence-electron chi connectivity index (χ1n) is 6.04. The fourth-order valence-electron chi connectivity index (χ4n) is 2.03. The third-order valence-electron chi connectivity index (χ3n) is 2.96. The molecular weight excluding hydrogens is 240 g/mol. The van der Waals surface area contributed by atoms with Crippen LogP contribution in [0.3, 0.4) is 0 Å². The Morgan fingerprint density at radius 2 is 1.42 bits per heavy atom. The molecule has 0 heterocycles. The van der Waals surface area contributed by atoms with Crippen LogP contribution in [0.15, 0.2) is 60.7 Å². The smallest absolute Gasteiger partial charge is 0.304 e. The van der Waals surface area contributed by atoms with Crippen LogP contribution in [-0.4, -0.2) is 16.9 Å². The number of aliphatic carboxylic acids is 1. The van der Waals surface area contributed by atoms with Crippen molar-refractivity contribution in [1.82, 2.24) is 0 Å². The fraction of sp³-hybridized carbons (Fsp3) is 0.125. The summed E-state index contributed by atoms with van der Waals surface area (Å²) in [5, 5.41) is 8.99. The number of carboxylic acid groups (broad SMARTS) is 1. The molecule has 0 saturated carbocycles. The molecule has 3 nitrogen and oxygen atoms in total. The van der Waals surface area contributed by atoms with Gasteiger partial charge in [0.05, 0.1) is 12.3 Å². The van der Waals surface area contributed by atoms with Gasteiger partial charge in [-0.25, -0.2) is 0 Å². The van der Waals surface area contributed by atoms with Crippen molar-refractivity contribution in [3.63, 3.8) is 0 Å². The highest BCUT2D eigenvalue weighted by atomic mass is 16.4. The third kappa shape index (κ3) is 3.28. The number of benzene rings is 2. The predicted molar refractivity (Wildman–Crippen MR) is 72.2 cm³/mol. The van der Waals surface area contributed by atoms with Crippen molar-refractivity contribution in [3.05, 3.63) is 71.8 Å². The van der Waals surface area contributed by atoms with Crippen LogP contribution in [0.25, 0.3) is 0 Å². The maximum atomic E-state index is 12.4. The van der Waals surface area contributed by atoms with Gasteiger partial charge in [0.15, 0.2) is 5.78 Å². The number of hydrogen-bond donors (Lipinski definition) is 1. The maximum Gasteiger partial charge on any atom is 0.304 e. The first-order chi connectivity index (χ1) is 9.18. The number of carbonyl (C=O) groups is 2. The van der Waals surface area contributed by atoms with Gasteiger partial charge in [0.25, 0.3) is 0 Å². The van der Waals surface area contributed by atoms with E-state index >= 15 is 0 Å². The molecule has 0 bridgehead atoms. The van der Waals surface area contributed by atoms with E-state index in [0.29, 0.717) is 5.56 Å². The first-order valence-corrected chi connectivity index (χ1v) is 6.04. The predicted octanol–water partition coefficient (Wildman–Crippen LogP) is 3.13. The molecule has 0 radical (unpaired) electrons. The number of hydrogen-bond acceptors (Lipinski definition) is 2. The third-order valence-corrected chi connectivity index (χ3v) is 2.96. The maximum absolute atomic E-state index is 12.4. The number of ketones is 1. The van der Waals surface area contributed by atoms with E-state index in [1.54, 1.807) is 36.4 Å². The zero-order valence-corrected chi connectivity index (χ0v) is 10.3. The van der Waals surface area contributed by atoms with E-state index in [9.17, 15) is 9.59 Å². The molecule has 2 aromatic carbocycles. The zero-order chi connectivity index (χ0) is 13.7. The highest BCUT2D eigenvalue weighted by Crippen LogP contribution is 2.24. The summed E-state index contributed by atoms with van der Waals surface area (Å²) in [4.78, 5) is 23.4. The van der Waals surface area contributed by atoms with Crippen LogP contribution >= 0.6 is 0 Å². The van der Waals surface area contributed by atoms with Gasteiger partial charge >= 0.3 is 5.97 Å². The molecule has 0 aliphatic rings. The second-order valence-electron chi connectivity index (χ2n) is 4.29. The lowest BCUT2D eigenvalue weighted by Crippen LogP contribution is -2.16. The monoisotopic (exact) mass is 254 g/mol. The van der Waals surface area contributed by atoms with Crippen molar-refractivity contribution >= 4 is 11.8 Å². The Morgan fingerprint density at radius 1 is 0.895 bits per heavy atom. The average Bonchev–Trinajstić information content (AvgIpc) is 2.46. The van der Waals surface area contributed by atoms with E-state index in [1.807, 2.05) is 24.3 Å². The molecule has 0 aliphatic carbocycles. The van der Waals surface area contributed by atoms with Gasteiger partial charge in [0.2, 0.25) is 0 Å². The molecule has 96 valence electrons. The van der Waals surface area contributed by atoms with E-state index in [0.717, 1.165) is 5.56 Å². The molecule has 1 unspecified atom stereocenters. The van der Waals surface area contributed by atoms with E-state index in [2.05, 4.69) is 0 Å². The normalized spacial score (nSPS) is 11.8. The Hall–Kier alpha value is -2.42. The molecule has 0 aromatic heterocycles. The van der Waals surface area contributed by atoms with Crippen molar-refractivity contribution < 1.29 is 14.7 Å². The Balaban J connectivity index is 2.33. The van der Waals surface area contributed by atoms with Gasteiger partial charge in [0, 0.05) is 5.56 Å². The summed E-state index contributed by atoms with van der Waals surface area (Å²) in [6.07, 6.45) is -0.197. The zero-order valence-electron chi connectivity index (χ0n) is 10.3. The van der Waals surface area contributed by atoms with Crippen LogP contribution in [0.4, 0.5) is 0 Å².